The molecule has 0 radical (unpaired) electrons. The Morgan fingerprint density at radius 3 is 2.74 bits per heavy atom. The first-order valence-electron chi connectivity index (χ1n) is 5.96. The summed E-state index contributed by atoms with van der Waals surface area (Å²) in [5, 5.41) is 14.2. The fourth-order valence-corrected chi connectivity index (χ4v) is 1.55. The van der Waals surface area contributed by atoms with Gasteiger partial charge in [-0.25, -0.2) is 9.59 Å². The Morgan fingerprint density at radius 1 is 1.42 bits per heavy atom. The zero-order valence-corrected chi connectivity index (χ0v) is 11.0. The number of nitrogens with one attached hydrogen (secondary N) is 2. The van der Waals surface area contributed by atoms with Crippen molar-refractivity contribution in [1.29, 1.82) is 0 Å². The molecule has 0 heterocycles. The predicted molar refractivity (Wildman–Crippen MR) is 71.5 cm³/mol. The molecule has 19 heavy (non-hydrogen) atoms. The maximum atomic E-state index is 11.7. The maximum absolute atomic E-state index is 11.7. The van der Waals surface area contributed by atoms with Crippen LogP contribution in [0.15, 0.2) is 24.3 Å². The number of benzene rings is 1. The predicted octanol–water partition coefficient (Wildman–Crippen LogP) is 1.93. The minimum absolute atomic E-state index is 0.0762. The fourth-order valence-electron chi connectivity index (χ4n) is 1.55. The molecule has 0 spiro atoms. The standard InChI is InChI=1S/C13H18N2O4/c1-3-10(8-19-2)14-13(18)15-11-6-4-5-9(7-11)12(16)17/h4-7,10H,3,8H2,1-2H3,(H,16,17)(H2,14,15,18). The molecule has 1 unspecified atom stereocenters. The number of carbonyl (C=O) groups excluding carboxylic acids is 1. The van der Waals surface area contributed by atoms with Gasteiger partial charge in [0.05, 0.1) is 18.2 Å². The number of aromatic carboxylic acids is 1. The van der Waals surface area contributed by atoms with E-state index in [4.69, 9.17) is 9.84 Å². The van der Waals surface area contributed by atoms with Crippen LogP contribution in [0.1, 0.15) is 23.7 Å². The first kappa shape index (κ1) is 15.0. The quantitative estimate of drug-likeness (QED) is 0.734. The molecular formula is C13H18N2O4. The van der Waals surface area contributed by atoms with Gasteiger partial charge >= 0.3 is 12.0 Å². The van der Waals surface area contributed by atoms with Crippen molar-refractivity contribution in [3.05, 3.63) is 29.8 Å². The van der Waals surface area contributed by atoms with Gasteiger partial charge < -0.3 is 20.5 Å². The fraction of sp³-hybridized carbons (Fsp3) is 0.385. The number of hydrogen-bond donors (Lipinski definition) is 3. The van der Waals surface area contributed by atoms with E-state index < -0.39 is 5.97 Å². The number of carbonyl (C=O) groups is 2. The van der Waals surface area contributed by atoms with Crippen molar-refractivity contribution in [3.8, 4) is 0 Å². The number of carboxylic acid groups (broad SMARTS) is 1. The lowest BCUT2D eigenvalue weighted by Gasteiger charge is -2.16. The second-order valence-corrected chi connectivity index (χ2v) is 4.04. The highest BCUT2D eigenvalue weighted by Crippen LogP contribution is 2.10. The van der Waals surface area contributed by atoms with Crippen LogP contribution in [0.3, 0.4) is 0 Å². The minimum atomic E-state index is -1.03. The number of amides is 2. The highest BCUT2D eigenvalue weighted by atomic mass is 16.5. The van der Waals surface area contributed by atoms with E-state index in [1.54, 1.807) is 19.2 Å². The third-order valence-corrected chi connectivity index (χ3v) is 2.56. The zero-order valence-electron chi connectivity index (χ0n) is 11.0. The summed E-state index contributed by atoms with van der Waals surface area (Å²) in [6.45, 7) is 2.37. The Balaban J connectivity index is 2.61. The highest BCUT2D eigenvalue weighted by molar-refractivity contribution is 5.93. The van der Waals surface area contributed by atoms with Crippen LogP contribution >= 0.6 is 0 Å². The lowest BCUT2D eigenvalue weighted by atomic mass is 10.2. The molecule has 1 aromatic rings. The minimum Gasteiger partial charge on any atom is -0.478 e. The van der Waals surface area contributed by atoms with Crippen molar-refractivity contribution in [1.82, 2.24) is 5.32 Å². The summed E-state index contributed by atoms with van der Waals surface area (Å²) in [6, 6.07) is 5.61. The highest BCUT2D eigenvalue weighted by Gasteiger charge is 2.10. The third kappa shape index (κ3) is 4.97. The van der Waals surface area contributed by atoms with Crippen molar-refractivity contribution < 1.29 is 19.4 Å². The Labute approximate surface area is 111 Å². The van der Waals surface area contributed by atoms with Gasteiger partial charge in [-0.1, -0.05) is 13.0 Å². The Morgan fingerprint density at radius 2 is 2.16 bits per heavy atom. The average Bonchev–Trinajstić information content (AvgIpc) is 2.38. The van der Waals surface area contributed by atoms with Crippen LogP contribution in [0, 0.1) is 0 Å². The van der Waals surface area contributed by atoms with E-state index in [0.717, 1.165) is 6.42 Å². The third-order valence-electron chi connectivity index (χ3n) is 2.56. The molecular weight excluding hydrogens is 248 g/mol. The monoisotopic (exact) mass is 266 g/mol. The van der Waals surface area contributed by atoms with Gasteiger partial charge in [0.15, 0.2) is 0 Å². The van der Waals surface area contributed by atoms with Crippen LogP contribution in [0.5, 0.6) is 0 Å². The number of carboxylic acids is 1. The van der Waals surface area contributed by atoms with Crippen molar-refractivity contribution in [2.75, 3.05) is 19.0 Å². The lowest BCUT2D eigenvalue weighted by molar-refractivity contribution is 0.0697. The summed E-state index contributed by atoms with van der Waals surface area (Å²) in [7, 11) is 1.57. The van der Waals surface area contributed by atoms with Crippen molar-refractivity contribution in [2.24, 2.45) is 0 Å². The molecule has 0 fully saturated rings. The van der Waals surface area contributed by atoms with Crippen LogP contribution in [0.25, 0.3) is 0 Å². The van der Waals surface area contributed by atoms with E-state index in [9.17, 15) is 9.59 Å². The molecule has 3 N–H and O–H groups in total. The van der Waals surface area contributed by atoms with Gasteiger partial charge in [0.2, 0.25) is 0 Å². The molecule has 2 amide bonds. The molecule has 0 aromatic heterocycles. The number of anilines is 1. The summed E-state index contributed by atoms with van der Waals surface area (Å²) in [6.07, 6.45) is 0.746. The van der Waals surface area contributed by atoms with Gasteiger partial charge in [0.25, 0.3) is 0 Å². The summed E-state index contributed by atoms with van der Waals surface area (Å²) in [4.78, 5) is 22.5. The van der Waals surface area contributed by atoms with Crippen LogP contribution in [0.4, 0.5) is 10.5 Å². The molecule has 6 heteroatoms. The van der Waals surface area contributed by atoms with E-state index in [-0.39, 0.29) is 17.6 Å². The van der Waals surface area contributed by atoms with Crippen molar-refractivity contribution >= 4 is 17.7 Å². The molecule has 1 atom stereocenters. The number of rotatable bonds is 6. The first-order valence-corrected chi connectivity index (χ1v) is 5.96. The SMILES string of the molecule is CCC(COC)NC(=O)Nc1cccc(C(=O)O)c1. The van der Waals surface area contributed by atoms with Crippen LogP contribution in [-0.2, 0) is 4.74 Å². The summed E-state index contributed by atoms with van der Waals surface area (Å²) in [5.74, 6) is -1.03. The van der Waals surface area contributed by atoms with Crippen LogP contribution < -0.4 is 10.6 Å². The number of hydrogen-bond acceptors (Lipinski definition) is 3. The van der Waals surface area contributed by atoms with Gasteiger partial charge in [0, 0.05) is 12.8 Å². The zero-order chi connectivity index (χ0) is 14.3. The molecule has 1 aromatic carbocycles. The van der Waals surface area contributed by atoms with Crippen molar-refractivity contribution in [2.45, 2.75) is 19.4 Å². The summed E-state index contributed by atoms with van der Waals surface area (Å²) < 4.78 is 4.98. The molecule has 1 rings (SSSR count). The number of urea groups is 1. The number of ether oxygens (including phenoxy) is 1. The normalized spacial score (nSPS) is 11.7. The first-order chi connectivity index (χ1) is 9.06. The van der Waals surface area contributed by atoms with Gasteiger partial charge in [0.1, 0.15) is 0 Å². The molecule has 0 aliphatic carbocycles. The van der Waals surface area contributed by atoms with Gasteiger partial charge in [-0.05, 0) is 24.6 Å². The van der Waals surface area contributed by atoms with E-state index in [2.05, 4.69) is 10.6 Å². The van der Waals surface area contributed by atoms with Gasteiger partial charge in [-0.2, -0.15) is 0 Å². The topological polar surface area (TPSA) is 87.7 Å². The van der Waals surface area contributed by atoms with E-state index in [0.29, 0.717) is 12.3 Å². The van der Waals surface area contributed by atoms with Crippen molar-refractivity contribution in [3.63, 3.8) is 0 Å². The molecule has 0 saturated heterocycles. The number of methoxy groups -OCH3 is 1. The second kappa shape index (κ2) is 7.38. The van der Waals surface area contributed by atoms with Gasteiger partial charge in [-0.3, -0.25) is 0 Å². The van der Waals surface area contributed by atoms with Gasteiger partial charge in [-0.15, -0.1) is 0 Å². The molecule has 104 valence electrons. The Kier molecular flexibility index (Phi) is 5.81. The molecule has 0 aliphatic rings. The molecule has 6 nitrogen and oxygen atoms in total. The lowest BCUT2D eigenvalue weighted by Crippen LogP contribution is -2.40. The summed E-state index contributed by atoms with van der Waals surface area (Å²) >= 11 is 0. The molecule has 0 saturated carbocycles. The molecule has 0 aliphatic heterocycles. The molecule has 0 bridgehead atoms. The van der Waals surface area contributed by atoms with E-state index in [1.165, 1.54) is 12.1 Å². The van der Waals surface area contributed by atoms with E-state index in [1.807, 2.05) is 6.92 Å². The average molecular weight is 266 g/mol. The Bertz CT molecular complexity index is 448. The van der Waals surface area contributed by atoms with E-state index >= 15 is 0 Å². The largest absolute Gasteiger partial charge is 0.478 e. The smallest absolute Gasteiger partial charge is 0.335 e. The Hall–Kier alpha value is -2.08. The second-order valence-electron chi connectivity index (χ2n) is 4.04. The maximum Gasteiger partial charge on any atom is 0.335 e. The van der Waals surface area contributed by atoms with Crippen LogP contribution in [-0.4, -0.2) is 36.9 Å². The summed E-state index contributed by atoms with van der Waals surface area (Å²) in [5.41, 5.74) is 0.561. The van der Waals surface area contributed by atoms with Crippen LogP contribution in [0.2, 0.25) is 0 Å².